The molecule has 5 heteroatoms. The van der Waals surface area contributed by atoms with Gasteiger partial charge in [-0.05, 0) is 31.0 Å². The largest absolute Gasteiger partial charge is 0.481 e. The zero-order chi connectivity index (χ0) is 13.3. The summed E-state index contributed by atoms with van der Waals surface area (Å²) in [4.78, 5) is 26.5. The monoisotopic (exact) mass is 246 g/mol. The van der Waals surface area contributed by atoms with E-state index in [2.05, 4.69) is 4.98 Å². The lowest BCUT2D eigenvalue weighted by atomic mass is 10.1. The van der Waals surface area contributed by atoms with Gasteiger partial charge in [0.15, 0.2) is 0 Å². The van der Waals surface area contributed by atoms with E-state index in [0.29, 0.717) is 12.1 Å². The maximum Gasteiger partial charge on any atom is 0.303 e. The van der Waals surface area contributed by atoms with Gasteiger partial charge in [0.1, 0.15) is 5.69 Å². The second kappa shape index (κ2) is 4.60. The first-order valence-electron chi connectivity index (χ1n) is 5.67. The van der Waals surface area contributed by atoms with Crippen LogP contribution in [-0.2, 0) is 18.3 Å². The van der Waals surface area contributed by atoms with Crippen LogP contribution >= 0.6 is 0 Å². The number of benzene rings is 1. The first-order chi connectivity index (χ1) is 8.49. The Morgan fingerprint density at radius 3 is 2.83 bits per heavy atom. The Labute approximate surface area is 104 Å². The number of hydrogen-bond acceptors (Lipinski definition) is 3. The third-order valence-electron chi connectivity index (χ3n) is 2.93. The maximum atomic E-state index is 11.7. The van der Waals surface area contributed by atoms with Crippen LogP contribution in [0.25, 0.3) is 11.0 Å². The fourth-order valence-electron chi connectivity index (χ4n) is 1.93. The molecular formula is C13H14N2O3. The van der Waals surface area contributed by atoms with E-state index in [1.807, 2.05) is 12.1 Å². The molecule has 0 saturated carbocycles. The summed E-state index contributed by atoms with van der Waals surface area (Å²) in [5.74, 6) is -0.820. The van der Waals surface area contributed by atoms with Crippen molar-refractivity contribution in [2.24, 2.45) is 7.05 Å². The number of carboxylic acids is 1. The minimum Gasteiger partial charge on any atom is -0.481 e. The number of hydrogen-bond donors (Lipinski definition) is 1. The highest BCUT2D eigenvalue weighted by atomic mass is 16.4. The van der Waals surface area contributed by atoms with Crippen LogP contribution in [0.15, 0.2) is 23.0 Å². The van der Waals surface area contributed by atoms with Crippen LogP contribution < -0.4 is 5.56 Å². The SMILES string of the molecule is Cc1nc2cc(CCC(=O)O)ccc2n(C)c1=O. The van der Waals surface area contributed by atoms with Crippen molar-refractivity contribution in [3.8, 4) is 0 Å². The molecule has 2 rings (SSSR count). The molecule has 1 N–H and O–H groups in total. The van der Waals surface area contributed by atoms with E-state index >= 15 is 0 Å². The smallest absolute Gasteiger partial charge is 0.303 e. The lowest BCUT2D eigenvalue weighted by molar-refractivity contribution is -0.136. The number of carbonyl (C=O) groups is 1. The molecule has 0 aliphatic heterocycles. The summed E-state index contributed by atoms with van der Waals surface area (Å²) in [5.41, 5.74) is 2.72. The molecule has 0 bridgehead atoms. The second-order valence-electron chi connectivity index (χ2n) is 4.28. The maximum absolute atomic E-state index is 11.7. The van der Waals surface area contributed by atoms with Crippen molar-refractivity contribution in [1.82, 2.24) is 9.55 Å². The van der Waals surface area contributed by atoms with Crippen molar-refractivity contribution in [2.75, 3.05) is 0 Å². The van der Waals surface area contributed by atoms with Crippen LogP contribution in [0.4, 0.5) is 0 Å². The van der Waals surface area contributed by atoms with Crippen LogP contribution in [0.3, 0.4) is 0 Å². The second-order valence-corrected chi connectivity index (χ2v) is 4.28. The summed E-state index contributed by atoms with van der Waals surface area (Å²) in [6, 6.07) is 5.48. The molecule has 1 heterocycles. The molecule has 94 valence electrons. The minimum atomic E-state index is -0.820. The Morgan fingerprint density at radius 1 is 1.44 bits per heavy atom. The van der Waals surface area contributed by atoms with Crippen molar-refractivity contribution >= 4 is 17.0 Å². The predicted octanol–water partition coefficient (Wildman–Crippen LogP) is 1.26. The molecule has 0 unspecified atom stereocenters. The van der Waals surface area contributed by atoms with Gasteiger partial charge in [0.2, 0.25) is 0 Å². The van der Waals surface area contributed by atoms with Crippen LogP contribution in [0.2, 0.25) is 0 Å². The van der Waals surface area contributed by atoms with Crippen molar-refractivity contribution in [1.29, 1.82) is 0 Å². The first kappa shape index (κ1) is 12.3. The van der Waals surface area contributed by atoms with Gasteiger partial charge >= 0.3 is 5.97 Å². The Bertz CT molecular complexity index is 674. The molecule has 1 aromatic heterocycles. The van der Waals surface area contributed by atoms with Crippen molar-refractivity contribution in [2.45, 2.75) is 19.8 Å². The van der Waals surface area contributed by atoms with Crippen molar-refractivity contribution < 1.29 is 9.90 Å². The molecule has 0 amide bonds. The Kier molecular flexibility index (Phi) is 3.14. The quantitative estimate of drug-likeness (QED) is 0.884. The summed E-state index contributed by atoms with van der Waals surface area (Å²) >= 11 is 0. The van der Waals surface area contributed by atoms with Crippen LogP contribution in [-0.4, -0.2) is 20.6 Å². The number of carboxylic acid groups (broad SMARTS) is 1. The lowest BCUT2D eigenvalue weighted by Crippen LogP contribution is -2.21. The van der Waals surface area contributed by atoms with E-state index < -0.39 is 5.97 Å². The van der Waals surface area contributed by atoms with E-state index in [9.17, 15) is 9.59 Å². The van der Waals surface area contributed by atoms with E-state index in [1.54, 1.807) is 24.6 Å². The average molecular weight is 246 g/mol. The summed E-state index contributed by atoms with van der Waals surface area (Å²) in [7, 11) is 1.70. The Hall–Kier alpha value is -2.17. The number of aliphatic carboxylic acids is 1. The number of aromatic nitrogens is 2. The summed E-state index contributed by atoms with van der Waals surface area (Å²) in [6.07, 6.45) is 0.561. The zero-order valence-electron chi connectivity index (χ0n) is 10.3. The molecule has 0 saturated heterocycles. The average Bonchev–Trinajstić information content (AvgIpc) is 2.33. The summed E-state index contributed by atoms with van der Waals surface area (Å²) < 4.78 is 1.55. The third kappa shape index (κ3) is 2.25. The molecule has 18 heavy (non-hydrogen) atoms. The lowest BCUT2D eigenvalue weighted by Gasteiger charge is -2.07. The molecule has 0 radical (unpaired) electrons. The summed E-state index contributed by atoms with van der Waals surface area (Å²) in [6.45, 7) is 1.67. The van der Waals surface area contributed by atoms with Gasteiger partial charge < -0.3 is 9.67 Å². The number of nitrogens with zero attached hydrogens (tertiary/aromatic N) is 2. The molecule has 0 fully saturated rings. The van der Waals surface area contributed by atoms with Gasteiger partial charge in [-0.15, -0.1) is 0 Å². The normalized spacial score (nSPS) is 10.8. The van der Waals surface area contributed by atoms with Gasteiger partial charge in [-0.2, -0.15) is 0 Å². The highest BCUT2D eigenvalue weighted by molar-refractivity contribution is 5.76. The van der Waals surface area contributed by atoms with Gasteiger partial charge in [0.05, 0.1) is 11.0 Å². The fourth-order valence-corrected chi connectivity index (χ4v) is 1.93. The van der Waals surface area contributed by atoms with E-state index in [0.717, 1.165) is 16.6 Å². The van der Waals surface area contributed by atoms with Gasteiger partial charge in [0, 0.05) is 13.5 Å². The van der Waals surface area contributed by atoms with E-state index in [1.165, 1.54) is 0 Å². The molecule has 0 aliphatic rings. The molecule has 0 atom stereocenters. The molecule has 0 spiro atoms. The fraction of sp³-hybridized carbons (Fsp3) is 0.308. The molecule has 0 aliphatic carbocycles. The van der Waals surface area contributed by atoms with Crippen molar-refractivity contribution in [3.63, 3.8) is 0 Å². The van der Waals surface area contributed by atoms with E-state index in [4.69, 9.17) is 5.11 Å². The Morgan fingerprint density at radius 2 is 2.17 bits per heavy atom. The van der Waals surface area contributed by atoms with Gasteiger partial charge in [0.25, 0.3) is 5.56 Å². The third-order valence-corrected chi connectivity index (χ3v) is 2.93. The van der Waals surface area contributed by atoms with Gasteiger partial charge in [-0.3, -0.25) is 9.59 Å². The number of aryl methyl sites for hydroxylation is 3. The predicted molar refractivity (Wildman–Crippen MR) is 67.7 cm³/mol. The molecular weight excluding hydrogens is 232 g/mol. The molecule has 5 nitrogen and oxygen atoms in total. The van der Waals surface area contributed by atoms with Crippen LogP contribution in [0.5, 0.6) is 0 Å². The Balaban J connectivity index is 2.49. The van der Waals surface area contributed by atoms with Crippen LogP contribution in [0.1, 0.15) is 17.7 Å². The van der Waals surface area contributed by atoms with Gasteiger partial charge in [-0.1, -0.05) is 6.07 Å². The highest BCUT2D eigenvalue weighted by Gasteiger charge is 2.06. The topological polar surface area (TPSA) is 72.2 Å². The minimum absolute atomic E-state index is 0.0935. The molecule has 1 aromatic carbocycles. The van der Waals surface area contributed by atoms with Crippen molar-refractivity contribution in [3.05, 3.63) is 39.8 Å². The van der Waals surface area contributed by atoms with Crippen LogP contribution in [0, 0.1) is 6.92 Å². The van der Waals surface area contributed by atoms with Gasteiger partial charge in [-0.25, -0.2) is 4.98 Å². The highest BCUT2D eigenvalue weighted by Crippen LogP contribution is 2.13. The summed E-state index contributed by atoms with van der Waals surface area (Å²) in [5, 5.41) is 8.65. The standard InChI is InChI=1S/C13H14N2O3/c1-8-13(18)15(2)11-5-3-9(4-6-12(16)17)7-10(11)14-8/h3,5,7H,4,6H2,1-2H3,(H,16,17). The number of fused-ring (bicyclic) bond motifs is 1. The van der Waals surface area contributed by atoms with E-state index in [-0.39, 0.29) is 12.0 Å². The number of rotatable bonds is 3. The first-order valence-corrected chi connectivity index (χ1v) is 5.67. The zero-order valence-corrected chi connectivity index (χ0v) is 10.3. The molecule has 2 aromatic rings.